The van der Waals surface area contributed by atoms with Crippen LogP contribution in [0.2, 0.25) is 0 Å². The minimum Gasteiger partial charge on any atom is -0.490 e. The lowest BCUT2D eigenvalue weighted by atomic mass is 10.0. The van der Waals surface area contributed by atoms with Crippen molar-refractivity contribution in [2.75, 3.05) is 44.0 Å². The molecule has 0 radical (unpaired) electrons. The fourth-order valence-corrected chi connectivity index (χ4v) is 5.98. The second-order valence-electron chi connectivity index (χ2n) is 13.6. The van der Waals surface area contributed by atoms with Gasteiger partial charge in [0, 0.05) is 43.5 Å². The molecule has 0 aromatic heterocycles. The highest BCUT2D eigenvalue weighted by molar-refractivity contribution is 6.02. The van der Waals surface area contributed by atoms with Gasteiger partial charge in [-0.3, -0.25) is 9.69 Å². The summed E-state index contributed by atoms with van der Waals surface area (Å²) in [4.78, 5) is 30.7. The molecule has 4 rings (SSSR count). The standard InChI is InChI=1S/C38H46F6N4O5/c1-24-20-48(25(2)23-49)35(50)32-19-31(46-36(51)45-30-14-12-29(13-15-30)38(42,43)44)16-17-33(32)53-26(3)7-5-6-18-52-34(24)22-47(4)21-27-8-10-28(11-9-27)37(39,40)41/h8-17,19,24-26,34,49H,5-7,18,20-23H2,1-4H3,(H2,45,46,51)/t24-,25+,26+,34+/m1/s1. The van der Waals surface area contributed by atoms with Gasteiger partial charge in [-0.15, -0.1) is 0 Å². The van der Waals surface area contributed by atoms with Gasteiger partial charge in [0.15, 0.2) is 0 Å². The van der Waals surface area contributed by atoms with Gasteiger partial charge in [0.05, 0.1) is 41.5 Å². The van der Waals surface area contributed by atoms with E-state index in [1.54, 1.807) is 19.1 Å². The molecule has 4 atom stereocenters. The summed E-state index contributed by atoms with van der Waals surface area (Å²) >= 11 is 0. The molecule has 0 saturated heterocycles. The molecule has 1 aliphatic heterocycles. The number of rotatable bonds is 8. The van der Waals surface area contributed by atoms with Crippen LogP contribution in [0.3, 0.4) is 0 Å². The number of amides is 3. The predicted molar refractivity (Wildman–Crippen MR) is 189 cm³/mol. The van der Waals surface area contributed by atoms with Crippen molar-refractivity contribution in [1.29, 1.82) is 0 Å². The number of ether oxygens (including phenoxy) is 2. The highest BCUT2D eigenvalue weighted by Gasteiger charge is 2.32. The van der Waals surface area contributed by atoms with Crippen molar-refractivity contribution in [3.05, 3.63) is 89.0 Å². The van der Waals surface area contributed by atoms with Crippen LogP contribution in [-0.2, 0) is 23.6 Å². The van der Waals surface area contributed by atoms with Crippen LogP contribution in [0.5, 0.6) is 5.75 Å². The third-order valence-corrected chi connectivity index (χ3v) is 9.00. The summed E-state index contributed by atoms with van der Waals surface area (Å²) in [5.41, 5.74) is -0.412. The minimum atomic E-state index is -4.52. The van der Waals surface area contributed by atoms with Crippen LogP contribution in [0, 0.1) is 5.92 Å². The van der Waals surface area contributed by atoms with Crippen molar-refractivity contribution in [2.24, 2.45) is 5.92 Å². The number of likely N-dealkylation sites (N-methyl/N-ethyl adjacent to an activating group) is 1. The largest absolute Gasteiger partial charge is 0.490 e. The molecule has 1 aliphatic rings. The number of halogens is 6. The van der Waals surface area contributed by atoms with E-state index in [2.05, 4.69) is 10.6 Å². The van der Waals surface area contributed by atoms with Crippen molar-refractivity contribution in [2.45, 2.75) is 77.2 Å². The Bertz CT molecular complexity index is 1650. The Kier molecular flexibility index (Phi) is 14.2. The van der Waals surface area contributed by atoms with E-state index in [9.17, 15) is 41.0 Å². The number of carbonyl (C=O) groups is 2. The van der Waals surface area contributed by atoms with Gasteiger partial charge in [0.25, 0.3) is 5.91 Å². The Morgan fingerprint density at radius 2 is 1.51 bits per heavy atom. The number of nitrogens with zero attached hydrogens (tertiary/aromatic N) is 2. The van der Waals surface area contributed by atoms with E-state index in [-0.39, 0.29) is 54.0 Å². The van der Waals surface area contributed by atoms with Crippen molar-refractivity contribution in [3.63, 3.8) is 0 Å². The molecular formula is C38H46F6N4O5. The number of benzene rings is 3. The monoisotopic (exact) mass is 752 g/mol. The normalized spacial score (nSPS) is 19.9. The molecule has 0 aliphatic carbocycles. The fourth-order valence-electron chi connectivity index (χ4n) is 5.98. The predicted octanol–water partition coefficient (Wildman–Crippen LogP) is 8.30. The van der Waals surface area contributed by atoms with E-state index in [4.69, 9.17) is 9.47 Å². The number of nitrogens with one attached hydrogen (secondary N) is 2. The minimum absolute atomic E-state index is 0.126. The number of aliphatic hydroxyl groups excluding tert-OH is 1. The molecule has 53 heavy (non-hydrogen) atoms. The second-order valence-corrected chi connectivity index (χ2v) is 13.6. The lowest BCUT2D eigenvalue weighted by Crippen LogP contribution is -2.47. The number of fused-ring (bicyclic) bond motifs is 1. The first kappa shape index (κ1) is 41.4. The average Bonchev–Trinajstić information content (AvgIpc) is 3.09. The number of carbonyl (C=O) groups excluding carboxylic acids is 2. The summed E-state index contributed by atoms with van der Waals surface area (Å²) in [6.45, 7) is 6.54. The first-order valence-corrected chi connectivity index (χ1v) is 17.4. The van der Waals surface area contributed by atoms with Crippen molar-refractivity contribution in [3.8, 4) is 5.75 Å². The van der Waals surface area contributed by atoms with Crippen LogP contribution in [0.25, 0.3) is 0 Å². The number of hydrogen-bond donors (Lipinski definition) is 3. The van der Waals surface area contributed by atoms with E-state index in [0.717, 1.165) is 49.2 Å². The van der Waals surface area contributed by atoms with Gasteiger partial charge in [-0.25, -0.2) is 4.79 Å². The van der Waals surface area contributed by atoms with Crippen LogP contribution in [0.1, 0.15) is 67.1 Å². The van der Waals surface area contributed by atoms with Gasteiger partial charge in [-0.1, -0.05) is 19.1 Å². The molecule has 3 amide bonds. The summed E-state index contributed by atoms with van der Waals surface area (Å²) < 4.78 is 90.7. The van der Waals surface area contributed by atoms with Gasteiger partial charge in [0.1, 0.15) is 5.75 Å². The van der Waals surface area contributed by atoms with Crippen LogP contribution >= 0.6 is 0 Å². The van der Waals surface area contributed by atoms with Crippen LogP contribution in [0.15, 0.2) is 66.7 Å². The molecular weight excluding hydrogens is 706 g/mol. The van der Waals surface area contributed by atoms with Gasteiger partial charge in [-0.05, 0) is 100 Å². The van der Waals surface area contributed by atoms with Crippen LogP contribution in [0.4, 0.5) is 42.5 Å². The van der Waals surface area contributed by atoms with E-state index in [0.29, 0.717) is 31.7 Å². The smallest absolute Gasteiger partial charge is 0.416 e. The number of anilines is 2. The number of aliphatic hydroxyl groups is 1. The molecule has 3 aromatic rings. The topological polar surface area (TPSA) is 103 Å². The third-order valence-electron chi connectivity index (χ3n) is 9.00. The molecule has 3 aromatic carbocycles. The number of alkyl halides is 6. The average molecular weight is 753 g/mol. The fraction of sp³-hybridized carbons (Fsp3) is 0.474. The first-order chi connectivity index (χ1) is 24.9. The van der Waals surface area contributed by atoms with Crippen molar-refractivity contribution < 1.29 is 50.5 Å². The highest BCUT2D eigenvalue weighted by Crippen LogP contribution is 2.32. The van der Waals surface area contributed by atoms with Crippen LogP contribution in [-0.4, -0.2) is 78.4 Å². The number of urea groups is 1. The zero-order valence-electron chi connectivity index (χ0n) is 30.1. The Hall–Kier alpha value is -4.34. The maximum Gasteiger partial charge on any atom is 0.416 e. The van der Waals surface area contributed by atoms with Gasteiger partial charge in [-0.2, -0.15) is 26.3 Å². The summed E-state index contributed by atoms with van der Waals surface area (Å²) in [6, 6.07) is 12.2. The van der Waals surface area contributed by atoms with E-state index in [1.807, 2.05) is 25.8 Å². The lowest BCUT2D eigenvalue weighted by molar-refractivity contribution is -0.138. The Morgan fingerprint density at radius 1 is 0.925 bits per heavy atom. The second kappa shape index (κ2) is 18.1. The SMILES string of the molecule is C[C@@H]1CN([C@@H](C)CO)C(=O)c2cc(NC(=O)Nc3ccc(C(F)(F)F)cc3)ccc2O[C@@H](C)CCCCO[C@H]1CN(C)Cc1ccc(C(F)(F)F)cc1. The maximum absolute atomic E-state index is 14.4. The van der Waals surface area contributed by atoms with Crippen LogP contribution < -0.4 is 15.4 Å². The summed E-state index contributed by atoms with van der Waals surface area (Å²) in [5, 5.41) is 15.3. The van der Waals surface area contributed by atoms with Gasteiger partial charge in [0.2, 0.25) is 0 Å². The first-order valence-electron chi connectivity index (χ1n) is 17.4. The van der Waals surface area contributed by atoms with E-state index >= 15 is 0 Å². The molecule has 290 valence electrons. The Morgan fingerprint density at radius 3 is 2.11 bits per heavy atom. The highest BCUT2D eigenvalue weighted by atomic mass is 19.4. The van der Waals surface area contributed by atoms with E-state index in [1.165, 1.54) is 23.1 Å². The Balaban J connectivity index is 1.55. The molecule has 15 heteroatoms. The number of hydrogen-bond acceptors (Lipinski definition) is 6. The van der Waals surface area contributed by atoms with Gasteiger partial charge >= 0.3 is 18.4 Å². The summed E-state index contributed by atoms with van der Waals surface area (Å²) in [5.74, 6) is -0.452. The molecule has 3 N–H and O–H groups in total. The maximum atomic E-state index is 14.4. The quantitative estimate of drug-likeness (QED) is 0.200. The molecule has 0 saturated carbocycles. The van der Waals surface area contributed by atoms with Crippen molar-refractivity contribution >= 4 is 23.3 Å². The molecule has 9 nitrogen and oxygen atoms in total. The molecule has 0 fully saturated rings. The summed E-state index contributed by atoms with van der Waals surface area (Å²) in [7, 11) is 1.84. The third kappa shape index (κ3) is 12.1. The molecule has 0 unspecified atom stereocenters. The summed E-state index contributed by atoms with van der Waals surface area (Å²) in [6.07, 6.45) is -7.47. The van der Waals surface area contributed by atoms with E-state index < -0.39 is 41.5 Å². The molecule has 0 bridgehead atoms. The lowest BCUT2D eigenvalue weighted by Gasteiger charge is -2.36. The van der Waals surface area contributed by atoms with Gasteiger partial charge < -0.3 is 30.1 Å². The molecule has 0 spiro atoms. The van der Waals surface area contributed by atoms with Crippen molar-refractivity contribution in [1.82, 2.24) is 9.80 Å². The molecule has 1 heterocycles. The zero-order chi connectivity index (χ0) is 38.9. The Labute approximate surface area is 305 Å². The zero-order valence-corrected chi connectivity index (χ0v) is 30.1.